The van der Waals surface area contributed by atoms with E-state index in [4.69, 9.17) is 0 Å². The zero-order chi connectivity index (χ0) is 19.0. The minimum absolute atomic E-state index is 0.156. The first-order chi connectivity index (χ1) is 13.0. The van der Waals surface area contributed by atoms with Gasteiger partial charge in [-0.2, -0.15) is 4.72 Å². The van der Waals surface area contributed by atoms with Crippen molar-refractivity contribution in [3.05, 3.63) is 101 Å². The Morgan fingerprint density at radius 1 is 0.815 bits per heavy atom. The fourth-order valence-corrected chi connectivity index (χ4v) is 4.81. The van der Waals surface area contributed by atoms with Crippen molar-refractivity contribution in [2.24, 2.45) is 0 Å². The molecule has 1 aliphatic carbocycles. The van der Waals surface area contributed by atoms with Gasteiger partial charge < -0.3 is 0 Å². The third-order valence-electron chi connectivity index (χ3n) is 4.95. The number of Topliss-reactive ketones (excluding diaryl/α,β-unsaturated/α-hetero) is 1. The fraction of sp³-hybridized carbons (Fsp3) is 0.136. The van der Waals surface area contributed by atoms with Gasteiger partial charge in [-0.25, -0.2) is 8.42 Å². The minimum atomic E-state index is -3.82. The summed E-state index contributed by atoms with van der Waals surface area (Å²) in [6, 6.07) is 22.6. The third kappa shape index (κ3) is 3.20. The molecule has 3 aromatic carbocycles. The summed E-state index contributed by atoms with van der Waals surface area (Å²) in [6.45, 7) is 1.90. The number of carbonyl (C=O) groups excluding carboxylic acids is 1. The molecule has 0 heterocycles. The van der Waals surface area contributed by atoms with Gasteiger partial charge in [0.25, 0.3) is 0 Å². The molecule has 0 bridgehead atoms. The molecule has 0 unspecified atom stereocenters. The van der Waals surface area contributed by atoms with Crippen LogP contribution in [0.3, 0.4) is 0 Å². The molecule has 0 saturated heterocycles. The summed E-state index contributed by atoms with van der Waals surface area (Å²) in [5.41, 5.74) is 3.31. The molecule has 0 amide bonds. The first-order valence-corrected chi connectivity index (χ1v) is 10.2. The monoisotopic (exact) mass is 377 g/mol. The van der Waals surface area contributed by atoms with E-state index >= 15 is 0 Å². The van der Waals surface area contributed by atoms with Gasteiger partial charge in [0.15, 0.2) is 5.78 Å². The SMILES string of the molecule is Cc1ccc(S(=O)(=O)N[C@H]2C(=O)c3ccccc3[C@@H]2c2ccccc2)cc1. The molecule has 136 valence electrons. The summed E-state index contributed by atoms with van der Waals surface area (Å²) in [6.07, 6.45) is 0. The van der Waals surface area contributed by atoms with Crippen LogP contribution in [0.5, 0.6) is 0 Å². The zero-order valence-electron chi connectivity index (χ0n) is 14.8. The van der Waals surface area contributed by atoms with Crippen LogP contribution in [-0.2, 0) is 10.0 Å². The predicted molar refractivity (Wildman–Crippen MR) is 104 cm³/mol. The Morgan fingerprint density at radius 2 is 1.44 bits per heavy atom. The molecule has 3 aromatic rings. The lowest BCUT2D eigenvalue weighted by atomic mass is 9.90. The summed E-state index contributed by atoms with van der Waals surface area (Å²) in [4.78, 5) is 13.2. The van der Waals surface area contributed by atoms with Gasteiger partial charge in [-0.05, 0) is 30.2 Å². The quantitative estimate of drug-likeness (QED) is 0.755. The molecular formula is C22H19NO3S. The van der Waals surface area contributed by atoms with Crippen molar-refractivity contribution in [2.75, 3.05) is 0 Å². The molecule has 5 heteroatoms. The second-order valence-corrected chi connectivity index (χ2v) is 8.47. The maximum atomic E-state index is 13.0. The van der Waals surface area contributed by atoms with Gasteiger partial charge in [0.2, 0.25) is 10.0 Å². The van der Waals surface area contributed by atoms with Crippen LogP contribution in [0.2, 0.25) is 0 Å². The number of nitrogens with one attached hydrogen (secondary N) is 1. The van der Waals surface area contributed by atoms with E-state index in [0.717, 1.165) is 16.7 Å². The Bertz CT molecular complexity index is 1090. The number of fused-ring (bicyclic) bond motifs is 1. The van der Waals surface area contributed by atoms with Gasteiger partial charge in [-0.15, -0.1) is 0 Å². The Morgan fingerprint density at radius 3 is 2.15 bits per heavy atom. The smallest absolute Gasteiger partial charge is 0.241 e. The highest BCUT2D eigenvalue weighted by atomic mass is 32.2. The number of hydrogen-bond acceptors (Lipinski definition) is 3. The van der Waals surface area contributed by atoms with Crippen molar-refractivity contribution in [3.63, 3.8) is 0 Å². The Labute approximate surface area is 158 Å². The largest absolute Gasteiger partial charge is 0.292 e. The molecule has 4 nitrogen and oxygen atoms in total. The van der Waals surface area contributed by atoms with Crippen molar-refractivity contribution in [1.82, 2.24) is 4.72 Å². The molecule has 1 aliphatic rings. The number of ketones is 1. The molecule has 0 radical (unpaired) electrons. The zero-order valence-corrected chi connectivity index (χ0v) is 15.6. The van der Waals surface area contributed by atoms with Crippen LogP contribution >= 0.6 is 0 Å². The predicted octanol–water partition coefficient (Wildman–Crippen LogP) is 3.67. The maximum absolute atomic E-state index is 13.0. The lowest BCUT2D eigenvalue weighted by Crippen LogP contribution is -2.41. The van der Waals surface area contributed by atoms with Gasteiger partial charge in [-0.3, -0.25) is 4.79 Å². The van der Waals surface area contributed by atoms with Gasteiger partial charge in [0.05, 0.1) is 10.9 Å². The summed E-state index contributed by atoms with van der Waals surface area (Å²) in [7, 11) is -3.82. The second kappa shape index (κ2) is 6.76. The highest BCUT2D eigenvalue weighted by Crippen LogP contribution is 2.38. The van der Waals surface area contributed by atoms with Crippen molar-refractivity contribution >= 4 is 15.8 Å². The Hall–Kier alpha value is -2.76. The van der Waals surface area contributed by atoms with Gasteiger partial charge in [-0.1, -0.05) is 72.3 Å². The average molecular weight is 377 g/mol. The first-order valence-electron chi connectivity index (χ1n) is 8.74. The van der Waals surface area contributed by atoms with Crippen LogP contribution in [0.15, 0.2) is 83.8 Å². The molecule has 0 spiro atoms. The lowest BCUT2D eigenvalue weighted by molar-refractivity contribution is 0.0962. The number of benzene rings is 3. The summed E-state index contributed by atoms with van der Waals surface area (Å²) in [5.74, 6) is -0.551. The Kier molecular flexibility index (Phi) is 4.42. The standard InChI is InChI=1S/C22H19NO3S/c1-15-11-13-17(14-12-15)27(25,26)23-21-20(16-7-3-2-4-8-16)18-9-5-6-10-19(18)22(21)24/h2-14,20-21,23H,1H3/t20-,21+/m0/s1. The van der Waals surface area contributed by atoms with Crippen LogP contribution in [0.4, 0.5) is 0 Å². The topological polar surface area (TPSA) is 63.2 Å². The molecule has 0 aromatic heterocycles. The number of rotatable bonds is 4. The first kappa shape index (κ1) is 17.6. The molecule has 1 N–H and O–H groups in total. The number of hydrogen-bond donors (Lipinski definition) is 1. The number of carbonyl (C=O) groups is 1. The number of sulfonamides is 1. The van der Waals surface area contributed by atoms with Crippen LogP contribution < -0.4 is 4.72 Å². The van der Waals surface area contributed by atoms with E-state index < -0.39 is 16.1 Å². The van der Waals surface area contributed by atoms with Crippen LogP contribution in [0.1, 0.15) is 33.0 Å². The maximum Gasteiger partial charge on any atom is 0.241 e. The van der Waals surface area contributed by atoms with Crippen LogP contribution in [0, 0.1) is 6.92 Å². The van der Waals surface area contributed by atoms with Crippen LogP contribution in [-0.4, -0.2) is 20.2 Å². The third-order valence-corrected chi connectivity index (χ3v) is 6.41. The van der Waals surface area contributed by atoms with E-state index in [9.17, 15) is 13.2 Å². The number of aryl methyl sites for hydroxylation is 1. The van der Waals surface area contributed by atoms with E-state index in [-0.39, 0.29) is 16.6 Å². The molecule has 0 saturated carbocycles. The lowest BCUT2D eigenvalue weighted by Gasteiger charge is -2.21. The highest BCUT2D eigenvalue weighted by molar-refractivity contribution is 7.89. The molecular weight excluding hydrogens is 358 g/mol. The van der Waals surface area contributed by atoms with Crippen molar-refractivity contribution in [3.8, 4) is 0 Å². The van der Waals surface area contributed by atoms with E-state index in [0.29, 0.717) is 5.56 Å². The normalized spacial score (nSPS) is 19.1. The van der Waals surface area contributed by atoms with E-state index in [1.807, 2.05) is 49.4 Å². The van der Waals surface area contributed by atoms with Gasteiger partial charge >= 0.3 is 0 Å². The fourth-order valence-electron chi connectivity index (χ4n) is 3.60. The minimum Gasteiger partial charge on any atom is -0.292 e. The molecule has 0 fully saturated rings. The van der Waals surface area contributed by atoms with Gasteiger partial charge in [0.1, 0.15) is 0 Å². The van der Waals surface area contributed by atoms with Crippen molar-refractivity contribution < 1.29 is 13.2 Å². The molecule has 27 heavy (non-hydrogen) atoms. The average Bonchev–Trinajstić information content (AvgIpc) is 2.95. The molecule has 2 atom stereocenters. The van der Waals surface area contributed by atoms with E-state index in [2.05, 4.69) is 4.72 Å². The Balaban J connectivity index is 1.77. The highest BCUT2D eigenvalue weighted by Gasteiger charge is 2.42. The molecule has 4 rings (SSSR count). The summed E-state index contributed by atoms with van der Waals surface area (Å²) in [5, 5.41) is 0. The molecule has 0 aliphatic heterocycles. The van der Waals surface area contributed by atoms with E-state index in [1.165, 1.54) is 0 Å². The van der Waals surface area contributed by atoms with Crippen molar-refractivity contribution in [1.29, 1.82) is 0 Å². The van der Waals surface area contributed by atoms with E-state index in [1.54, 1.807) is 36.4 Å². The second-order valence-electron chi connectivity index (χ2n) is 6.75. The van der Waals surface area contributed by atoms with Gasteiger partial charge in [0, 0.05) is 11.5 Å². The van der Waals surface area contributed by atoms with Crippen LogP contribution in [0.25, 0.3) is 0 Å². The summed E-state index contributed by atoms with van der Waals surface area (Å²) < 4.78 is 28.5. The summed E-state index contributed by atoms with van der Waals surface area (Å²) >= 11 is 0. The van der Waals surface area contributed by atoms with Crippen molar-refractivity contribution in [2.45, 2.75) is 23.8 Å².